The summed E-state index contributed by atoms with van der Waals surface area (Å²) in [5.41, 5.74) is -2.48. The molecule has 1 unspecified atom stereocenters. The van der Waals surface area contributed by atoms with E-state index in [1.54, 1.807) is 12.1 Å². The summed E-state index contributed by atoms with van der Waals surface area (Å²) in [7, 11) is 0. The number of hydrogen-bond donors (Lipinski definition) is 3. The fraction of sp³-hybridized carbons (Fsp3) is 0.294. The van der Waals surface area contributed by atoms with Crippen molar-refractivity contribution in [3.05, 3.63) is 47.9 Å². The summed E-state index contributed by atoms with van der Waals surface area (Å²) in [5, 5.41) is 15.2. The topological polar surface area (TPSA) is 87.4 Å². The van der Waals surface area contributed by atoms with Crippen molar-refractivity contribution in [2.75, 3.05) is 11.9 Å². The van der Waals surface area contributed by atoms with Gasteiger partial charge in [0, 0.05) is 13.0 Å². The van der Waals surface area contributed by atoms with Gasteiger partial charge in [-0.1, -0.05) is 23.5 Å². The van der Waals surface area contributed by atoms with E-state index in [0.29, 0.717) is 10.6 Å². The third kappa shape index (κ3) is 4.06. The molecule has 2 amide bonds. The summed E-state index contributed by atoms with van der Waals surface area (Å²) >= 11 is 1.24. The number of nitrogens with zero attached hydrogens (tertiary/aromatic N) is 1. The maximum Gasteiger partial charge on any atom is 0.424 e. The first-order chi connectivity index (χ1) is 12.7. The van der Waals surface area contributed by atoms with Crippen LogP contribution in [0.2, 0.25) is 0 Å². The van der Waals surface area contributed by atoms with Crippen molar-refractivity contribution < 1.29 is 27.5 Å². The molecule has 1 atom stereocenters. The molecule has 0 fully saturated rings. The largest absolute Gasteiger partial charge is 0.463 e. The number of carbonyl (C=O) groups excluding carboxylic acids is 1. The standard InChI is InChI=1S/C17H16F3N3O3S/c1-10-6-7-13(26-10)16(25,17(18,19)20)8-9-21-14(24)23-15-22-11-4-2-3-5-12(11)27-15/h2-7,25H,8-9H2,1H3,(H2,21,22,23,24). The van der Waals surface area contributed by atoms with Crippen molar-refractivity contribution >= 4 is 32.7 Å². The van der Waals surface area contributed by atoms with Crippen LogP contribution in [0.3, 0.4) is 0 Å². The summed E-state index contributed by atoms with van der Waals surface area (Å²) < 4.78 is 45.8. The summed E-state index contributed by atoms with van der Waals surface area (Å²) in [6.45, 7) is 1.05. The lowest BCUT2D eigenvalue weighted by Crippen LogP contribution is -2.45. The Morgan fingerprint density at radius 3 is 2.63 bits per heavy atom. The van der Waals surface area contributed by atoms with Crippen molar-refractivity contribution in [1.82, 2.24) is 10.3 Å². The smallest absolute Gasteiger partial charge is 0.424 e. The zero-order chi connectivity index (χ0) is 19.7. The molecule has 0 aliphatic heterocycles. The molecule has 2 aromatic heterocycles. The fourth-order valence-corrected chi connectivity index (χ4v) is 3.35. The monoisotopic (exact) mass is 399 g/mol. The number of furan rings is 1. The molecular formula is C17H16F3N3O3S. The number of amides is 2. The number of benzene rings is 1. The highest BCUT2D eigenvalue weighted by atomic mass is 32.1. The van der Waals surface area contributed by atoms with E-state index in [2.05, 4.69) is 15.6 Å². The number of aliphatic hydroxyl groups is 1. The molecule has 0 spiro atoms. The predicted octanol–water partition coefficient (Wildman–Crippen LogP) is 4.16. The Labute approximate surface area is 156 Å². The number of para-hydroxylation sites is 1. The molecule has 0 saturated heterocycles. The number of halogens is 3. The van der Waals surface area contributed by atoms with Gasteiger partial charge in [-0.25, -0.2) is 9.78 Å². The van der Waals surface area contributed by atoms with Crippen LogP contribution in [0.4, 0.5) is 23.1 Å². The Bertz CT molecular complexity index is 920. The van der Waals surface area contributed by atoms with E-state index in [1.807, 2.05) is 12.1 Å². The van der Waals surface area contributed by atoms with Gasteiger partial charge in [0.25, 0.3) is 0 Å². The number of thiazole rings is 1. The minimum atomic E-state index is -4.96. The van der Waals surface area contributed by atoms with E-state index in [4.69, 9.17) is 4.42 Å². The van der Waals surface area contributed by atoms with Crippen LogP contribution in [0.1, 0.15) is 17.9 Å². The first-order valence-corrected chi connectivity index (χ1v) is 8.77. The molecule has 0 saturated carbocycles. The second kappa shape index (κ2) is 7.20. The number of anilines is 1. The van der Waals surface area contributed by atoms with Gasteiger partial charge in [-0.15, -0.1) is 0 Å². The van der Waals surface area contributed by atoms with Gasteiger partial charge < -0.3 is 14.8 Å². The number of carbonyl (C=O) groups is 1. The van der Waals surface area contributed by atoms with Crippen molar-refractivity contribution in [2.24, 2.45) is 0 Å². The number of nitrogens with one attached hydrogen (secondary N) is 2. The van der Waals surface area contributed by atoms with Crippen molar-refractivity contribution in [1.29, 1.82) is 0 Å². The molecular weight excluding hydrogens is 383 g/mol. The lowest BCUT2D eigenvalue weighted by Gasteiger charge is -2.28. The quantitative estimate of drug-likeness (QED) is 0.601. The zero-order valence-corrected chi connectivity index (χ0v) is 14.9. The van der Waals surface area contributed by atoms with E-state index in [-0.39, 0.29) is 5.76 Å². The van der Waals surface area contributed by atoms with Crippen LogP contribution in [-0.2, 0) is 5.60 Å². The number of alkyl halides is 3. The molecule has 10 heteroatoms. The van der Waals surface area contributed by atoms with E-state index < -0.39 is 36.5 Å². The number of aryl methyl sites for hydroxylation is 1. The number of aromatic nitrogens is 1. The molecule has 27 heavy (non-hydrogen) atoms. The Morgan fingerprint density at radius 2 is 2.00 bits per heavy atom. The van der Waals surface area contributed by atoms with Crippen molar-refractivity contribution in [3.8, 4) is 0 Å². The van der Waals surface area contributed by atoms with E-state index >= 15 is 0 Å². The van der Waals surface area contributed by atoms with Gasteiger partial charge in [0.1, 0.15) is 11.5 Å². The average molecular weight is 399 g/mol. The van der Waals surface area contributed by atoms with Crippen LogP contribution < -0.4 is 10.6 Å². The Morgan fingerprint density at radius 1 is 1.26 bits per heavy atom. The minimum Gasteiger partial charge on any atom is -0.463 e. The van der Waals surface area contributed by atoms with Gasteiger partial charge in [0.2, 0.25) is 5.60 Å². The molecule has 6 nitrogen and oxygen atoms in total. The molecule has 3 rings (SSSR count). The Balaban J connectivity index is 1.62. The lowest BCUT2D eigenvalue weighted by molar-refractivity contribution is -0.274. The van der Waals surface area contributed by atoms with Crippen LogP contribution >= 0.6 is 11.3 Å². The molecule has 2 heterocycles. The molecule has 144 valence electrons. The Kier molecular flexibility index (Phi) is 5.11. The van der Waals surface area contributed by atoms with E-state index in [0.717, 1.165) is 10.8 Å². The molecule has 0 aliphatic rings. The van der Waals surface area contributed by atoms with Crippen LogP contribution in [0.5, 0.6) is 0 Å². The number of urea groups is 1. The normalized spacial score (nSPS) is 14.1. The summed E-state index contributed by atoms with van der Waals surface area (Å²) in [4.78, 5) is 16.1. The molecule has 3 aromatic rings. The van der Waals surface area contributed by atoms with Crippen molar-refractivity contribution in [3.63, 3.8) is 0 Å². The molecule has 0 radical (unpaired) electrons. The van der Waals surface area contributed by atoms with Gasteiger partial charge in [-0.05, 0) is 31.2 Å². The first-order valence-electron chi connectivity index (χ1n) is 7.95. The van der Waals surface area contributed by atoms with Gasteiger partial charge in [-0.3, -0.25) is 5.32 Å². The summed E-state index contributed by atoms with van der Waals surface area (Å²) in [6, 6.07) is 8.95. The van der Waals surface area contributed by atoms with Crippen LogP contribution in [0, 0.1) is 6.92 Å². The molecule has 0 aliphatic carbocycles. The molecule has 3 N–H and O–H groups in total. The van der Waals surface area contributed by atoms with Crippen molar-refractivity contribution in [2.45, 2.75) is 25.1 Å². The van der Waals surface area contributed by atoms with Gasteiger partial charge in [0.05, 0.1) is 10.2 Å². The van der Waals surface area contributed by atoms with Crippen LogP contribution in [0.15, 0.2) is 40.8 Å². The number of fused-ring (bicyclic) bond motifs is 1. The first kappa shape index (κ1) is 19.2. The number of rotatable bonds is 5. The van der Waals surface area contributed by atoms with Crippen LogP contribution in [0.25, 0.3) is 10.2 Å². The number of hydrogen-bond acceptors (Lipinski definition) is 5. The van der Waals surface area contributed by atoms with E-state index in [9.17, 15) is 23.1 Å². The third-order valence-electron chi connectivity index (χ3n) is 3.90. The van der Waals surface area contributed by atoms with Gasteiger partial charge in [0.15, 0.2) is 5.13 Å². The predicted molar refractivity (Wildman–Crippen MR) is 94.7 cm³/mol. The highest BCUT2D eigenvalue weighted by Crippen LogP contribution is 2.42. The van der Waals surface area contributed by atoms with Gasteiger partial charge in [-0.2, -0.15) is 13.2 Å². The average Bonchev–Trinajstić information content (AvgIpc) is 3.19. The molecule has 0 bridgehead atoms. The maximum absolute atomic E-state index is 13.3. The summed E-state index contributed by atoms with van der Waals surface area (Å²) in [5.74, 6) is -0.366. The second-order valence-corrected chi connectivity index (χ2v) is 6.92. The maximum atomic E-state index is 13.3. The lowest BCUT2D eigenvalue weighted by atomic mass is 9.96. The highest BCUT2D eigenvalue weighted by Gasteiger charge is 2.56. The fourth-order valence-electron chi connectivity index (χ4n) is 2.49. The highest BCUT2D eigenvalue weighted by molar-refractivity contribution is 7.22. The van der Waals surface area contributed by atoms with E-state index in [1.165, 1.54) is 24.3 Å². The Hall–Kier alpha value is -2.59. The van der Waals surface area contributed by atoms with Crippen LogP contribution in [-0.4, -0.2) is 28.8 Å². The minimum absolute atomic E-state index is 0.245. The second-order valence-electron chi connectivity index (χ2n) is 5.89. The zero-order valence-electron chi connectivity index (χ0n) is 14.1. The molecule has 1 aromatic carbocycles. The summed E-state index contributed by atoms with van der Waals surface area (Å²) in [6.07, 6.45) is -5.75. The van der Waals surface area contributed by atoms with Gasteiger partial charge >= 0.3 is 12.2 Å². The SMILES string of the molecule is Cc1ccc(C(O)(CCNC(=O)Nc2nc3ccccc3s2)C(F)(F)F)o1. The third-order valence-corrected chi connectivity index (χ3v) is 4.86.